The summed E-state index contributed by atoms with van der Waals surface area (Å²) >= 11 is 0. The van der Waals surface area contributed by atoms with Crippen molar-refractivity contribution in [3.63, 3.8) is 0 Å². The molecule has 1 saturated heterocycles. The van der Waals surface area contributed by atoms with E-state index in [2.05, 4.69) is 20.8 Å². The zero-order valence-electron chi connectivity index (χ0n) is 12.8. The van der Waals surface area contributed by atoms with Crippen molar-refractivity contribution in [3.05, 3.63) is 35.9 Å². The second-order valence-corrected chi connectivity index (χ2v) is 5.32. The number of carbonyl (C=O) groups excluding carboxylic acids is 1. The topological polar surface area (TPSA) is 79.0 Å². The number of benzene rings is 1. The number of anilines is 1. The minimum absolute atomic E-state index is 0. The van der Waals surface area contributed by atoms with E-state index in [1.165, 1.54) is 18.2 Å². The molecule has 1 amide bonds. The van der Waals surface area contributed by atoms with Gasteiger partial charge in [-0.05, 0) is 19.1 Å². The number of amides is 1. The minimum Gasteiger partial charge on any atom is -0.375 e. The molecule has 9 heteroatoms. The molecule has 1 aliphatic heterocycles. The van der Waals surface area contributed by atoms with Crippen LogP contribution >= 0.6 is 12.4 Å². The largest absolute Gasteiger partial charge is 0.375 e. The number of nitrogens with one attached hydrogen (secondary N) is 3. The smallest absolute Gasteiger partial charge is 0.245 e. The molecular formula is C15H17ClF2N4O2. The van der Waals surface area contributed by atoms with Crippen molar-refractivity contribution in [1.82, 2.24) is 15.5 Å². The Kier molecular flexibility index (Phi) is 5.87. The monoisotopic (exact) mass is 358 g/mol. The van der Waals surface area contributed by atoms with Crippen LogP contribution in [-0.2, 0) is 9.53 Å². The number of carbonyl (C=O) groups is 1. The van der Waals surface area contributed by atoms with Crippen LogP contribution in [0.15, 0.2) is 24.3 Å². The summed E-state index contributed by atoms with van der Waals surface area (Å²) in [5, 5.41) is 12.3. The summed E-state index contributed by atoms with van der Waals surface area (Å²) in [6.45, 7) is 2.96. The molecule has 1 aliphatic rings. The van der Waals surface area contributed by atoms with E-state index in [1.54, 1.807) is 0 Å². The standard InChI is InChI=1S/C15H16F2N4O2.ClH/c1-8-14(18-2-3-23-8)15(22)19-13-7-12(20-21-13)9-4-10(16)6-11(17)5-9;/h4-8,14,18H,2-3H2,1H3,(H2,19,20,21,22);1H/t8-,14+;/m1./s1. The van der Waals surface area contributed by atoms with Gasteiger partial charge in [-0.2, -0.15) is 5.10 Å². The number of aromatic amines is 1. The van der Waals surface area contributed by atoms with Gasteiger partial charge in [0.1, 0.15) is 17.7 Å². The normalized spacial score (nSPS) is 20.3. The maximum Gasteiger partial charge on any atom is 0.245 e. The lowest BCUT2D eigenvalue weighted by Crippen LogP contribution is -2.53. The average Bonchev–Trinajstić information content (AvgIpc) is 2.95. The molecule has 24 heavy (non-hydrogen) atoms. The van der Waals surface area contributed by atoms with E-state index < -0.39 is 17.7 Å². The molecule has 2 aromatic rings. The molecule has 3 rings (SSSR count). The second-order valence-electron chi connectivity index (χ2n) is 5.32. The van der Waals surface area contributed by atoms with Crippen LogP contribution in [0.5, 0.6) is 0 Å². The van der Waals surface area contributed by atoms with E-state index in [0.29, 0.717) is 24.4 Å². The molecule has 0 radical (unpaired) electrons. The molecule has 3 N–H and O–H groups in total. The highest BCUT2D eigenvalue weighted by Gasteiger charge is 2.28. The molecule has 2 atom stereocenters. The first-order valence-electron chi connectivity index (χ1n) is 7.20. The Labute approximate surface area is 143 Å². The van der Waals surface area contributed by atoms with Crippen LogP contribution in [0.25, 0.3) is 11.3 Å². The third-order valence-electron chi connectivity index (χ3n) is 3.60. The maximum absolute atomic E-state index is 13.3. The third-order valence-corrected chi connectivity index (χ3v) is 3.60. The summed E-state index contributed by atoms with van der Waals surface area (Å²) in [4.78, 5) is 12.2. The first-order valence-corrected chi connectivity index (χ1v) is 7.20. The quantitative estimate of drug-likeness (QED) is 0.785. The van der Waals surface area contributed by atoms with Gasteiger partial charge in [-0.25, -0.2) is 8.78 Å². The van der Waals surface area contributed by atoms with Crippen LogP contribution < -0.4 is 10.6 Å². The molecule has 130 valence electrons. The maximum atomic E-state index is 13.3. The van der Waals surface area contributed by atoms with Gasteiger partial charge in [0.15, 0.2) is 5.82 Å². The van der Waals surface area contributed by atoms with E-state index in [1.807, 2.05) is 6.92 Å². The van der Waals surface area contributed by atoms with Crippen molar-refractivity contribution >= 4 is 24.1 Å². The Balaban J connectivity index is 0.00000208. The highest BCUT2D eigenvalue weighted by atomic mass is 35.5. The van der Waals surface area contributed by atoms with Crippen molar-refractivity contribution in [1.29, 1.82) is 0 Å². The van der Waals surface area contributed by atoms with Crippen LogP contribution in [-0.4, -0.2) is 41.4 Å². The van der Waals surface area contributed by atoms with Gasteiger partial charge in [0.2, 0.25) is 5.91 Å². The molecule has 0 unspecified atom stereocenters. The van der Waals surface area contributed by atoms with E-state index in [4.69, 9.17) is 4.74 Å². The van der Waals surface area contributed by atoms with Crippen molar-refractivity contribution in [2.24, 2.45) is 0 Å². The number of hydrogen-bond donors (Lipinski definition) is 3. The Morgan fingerprint density at radius 1 is 1.29 bits per heavy atom. The first-order chi connectivity index (χ1) is 11.0. The van der Waals surface area contributed by atoms with Crippen molar-refractivity contribution in [2.75, 3.05) is 18.5 Å². The first kappa shape index (κ1) is 18.3. The number of morpholine rings is 1. The van der Waals surface area contributed by atoms with E-state index in [9.17, 15) is 13.6 Å². The fourth-order valence-electron chi connectivity index (χ4n) is 2.47. The van der Waals surface area contributed by atoms with Crippen LogP contribution in [0.2, 0.25) is 0 Å². The van der Waals surface area contributed by atoms with E-state index >= 15 is 0 Å². The van der Waals surface area contributed by atoms with Gasteiger partial charge < -0.3 is 15.4 Å². The van der Waals surface area contributed by atoms with Gasteiger partial charge in [0.25, 0.3) is 0 Å². The van der Waals surface area contributed by atoms with Gasteiger partial charge >= 0.3 is 0 Å². The Morgan fingerprint density at radius 2 is 2.00 bits per heavy atom. The molecule has 0 saturated carbocycles. The van der Waals surface area contributed by atoms with Crippen molar-refractivity contribution in [3.8, 4) is 11.3 Å². The molecular weight excluding hydrogens is 342 g/mol. The minimum atomic E-state index is -0.683. The van der Waals surface area contributed by atoms with Gasteiger partial charge in [-0.1, -0.05) is 0 Å². The van der Waals surface area contributed by atoms with Gasteiger partial charge in [-0.3, -0.25) is 9.89 Å². The highest BCUT2D eigenvalue weighted by Crippen LogP contribution is 2.22. The molecule has 1 aromatic heterocycles. The molecule has 6 nitrogen and oxygen atoms in total. The van der Waals surface area contributed by atoms with Gasteiger partial charge in [0.05, 0.1) is 18.4 Å². The lowest BCUT2D eigenvalue weighted by atomic mass is 10.1. The van der Waals surface area contributed by atoms with E-state index in [-0.39, 0.29) is 30.2 Å². The number of nitrogens with zero attached hydrogens (tertiary/aromatic N) is 1. The number of hydrogen-bond acceptors (Lipinski definition) is 4. The zero-order valence-corrected chi connectivity index (χ0v) is 13.6. The lowest BCUT2D eigenvalue weighted by Gasteiger charge is -2.28. The Morgan fingerprint density at radius 3 is 2.67 bits per heavy atom. The second kappa shape index (κ2) is 7.69. The predicted octanol–water partition coefficient (Wildman–Crippen LogP) is 2.09. The highest BCUT2D eigenvalue weighted by molar-refractivity contribution is 5.95. The summed E-state index contributed by atoms with van der Waals surface area (Å²) in [5.74, 6) is -1.37. The SMILES string of the molecule is C[C@H]1OCCN[C@@H]1C(=O)Nc1cc(-c2cc(F)cc(F)c2)[nH]n1.Cl. The predicted molar refractivity (Wildman–Crippen MR) is 87.0 cm³/mol. The molecule has 1 fully saturated rings. The van der Waals surface area contributed by atoms with Crippen LogP contribution in [0, 0.1) is 11.6 Å². The summed E-state index contributed by atoms with van der Waals surface area (Å²) in [7, 11) is 0. The third kappa shape index (κ3) is 4.08. The molecule has 0 bridgehead atoms. The number of H-pyrrole nitrogens is 1. The fourth-order valence-corrected chi connectivity index (χ4v) is 2.47. The fraction of sp³-hybridized carbons (Fsp3) is 0.333. The van der Waals surface area contributed by atoms with Gasteiger partial charge in [-0.15, -0.1) is 12.4 Å². The van der Waals surface area contributed by atoms with Crippen molar-refractivity contribution in [2.45, 2.75) is 19.1 Å². The Hall–Kier alpha value is -2.03. The summed E-state index contributed by atoms with van der Waals surface area (Å²) < 4.78 is 31.9. The summed E-state index contributed by atoms with van der Waals surface area (Å²) in [5.41, 5.74) is 0.711. The van der Waals surface area contributed by atoms with Crippen LogP contribution in [0.1, 0.15) is 6.92 Å². The van der Waals surface area contributed by atoms with Gasteiger partial charge in [0, 0.05) is 24.2 Å². The zero-order chi connectivity index (χ0) is 16.4. The Bertz CT molecular complexity index is 705. The van der Waals surface area contributed by atoms with Crippen LogP contribution in [0.3, 0.4) is 0 Å². The van der Waals surface area contributed by atoms with Crippen molar-refractivity contribution < 1.29 is 18.3 Å². The number of halogens is 3. The lowest BCUT2D eigenvalue weighted by molar-refractivity contribution is -0.123. The number of aromatic nitrogens is 2. The molecule has 1 aromatic carbocycles. The number of rotatable bonds is 3. The summed E-state index contributed by atoms with van der Waals surface area (Å²) in [6, 6.07) is 4.19. The molecule has 2 heterocycles. The average molecular weight is 359 g/mol. The number of ether oxygens (including phenoxy) is 1. The summed E-state index contributed by atoms with van der Waals surface area (Å²) in [6.07, 6.45) is -0.250. The molecule has 0 spiro atoms. The van der Waals surface area contributed by atoms with Crippen LogP contribution in [0.4, 0.5) is 14.6 Å². The van der Waals surface area contributed by atoms with E-state index in [0.717, 1.165) is 6.07 Å². The molecule has 0 aliphatic carbocycles.